The molecule has 1 aromatic rings. The third-order valence-corrected chi connectivity index (χ3v) is 3.16. The van der Waals surface area contributed by atoms with Crippen molar-refractivity contribution in [2.24, 2.45) is 12.8 Å². The van der Waals surface area contributed by atoms with E-state index in [1.807, 2.05) is 25.7 Å². The molecule has 0 bridgehead atoms. The quantitative estimate of drug-likeness (QED) is 0.570. The van der Waals surface area contributed by atoms with Crippen LogP contribution < -0.4 is 10.6 Å². The molecule has 0 aliphatic heterocycles. The van der Waals surface area contributed by atoms with Crippen LogP contribution in [0.5, 0.6) is 0 Å². The third kappa shape index (κ3) is 3.43. The van der Waals surface area contributed by atoms with Crippen LogP contribution in [0.2, 0.25) is 0 Å². The van der Waals surface area contributed by atoms with E-state index in [0.29, 0.717) is 4.99 Å². The summed E-state index contributed by atoms with van der Waals surface area (Å²) < 4.78 is 1.82. The van der Waals surface area contributed by atoms with E-state index in [-0.39, 0.29) is 6.61 Å². The second kappa shape index (κ2) is 6.70. The minimum atomic E-state index is 0.257. The smallest absolute Gasteiger partial charge is 0.136 e. The highest BCUT2D eigenvalue weighted by Crippen LogP contribution is 2.22. The van der Waals surface area contributed by atoms with Gasteiger partial charge in [0.1, 0.15) is 10.8 Å². The van der Waals surface area contributed by atoms with Crippen LogP contribution in [0.25, 0.3) is 0 Å². The maximum absolute atomic E-state index is 8.75. The maximum Gasteiger partial charge on any atom is 0.136 e. The zero-order chi connectivity index (χ0) is 13.7. The first-order valence-electron chi connectivity index (χ1n) is 6.14. The summed E-state index contributed by atoms with van der Waals surface area (Å²) in [5.41, 5.74) is 7.48. The average Bonchev–Trinajstić information content (AvgIpc) is 2.59. The Kier molecular flexibility index (Phi) is 5.55. The van der Waals surface area contributed by atoms with Crippen LogP contribution in [-0.2, 0) is 7.05 Å². The number of aliphatic hydroxyl groups is 1. The van der Waals surface area contributed by atoms with Gasteiger partial charge in [0.2, 0.25) is 0 Å². The Balaban J connectivity index is 2.78. The van der Waals surface area contributed by atoms with Gasteiger partial charge >= 0.3 is 0 Å². The Labute approximate surface area is 114 Å². The molecule has 0 saturated carbocycles. The summed E-state index contributed by atoms with van der Waals surface area (Å²) in [4.78, 5) is 2.50. The summed E-state index contributed by atoms with van der Waals surface area (Å²) in [5.74, 6) is 0.962. The monoisotopic (exact) mass is 270 g/mol. The molecule has 0 aliphatic carbocycles. The van der Waals surface area contributed by atoms with Crippen LogP contribution >= 0.6 is 12.2 Å². The van der Waals surface area contributed by atoms with E-state index in [4.69, 9.17) is 23.1 Å². The summed E-state index contributed by atoms with van der Waals surface area (Å²) in [6.45, 7) is 3.07. The molecule has 3 N–H and O–H groups in total. The number of nitrogens with two attached hydrogens (primary N) is 1. The number of thiocarbonyl (C=S) groups is 1. The summed E-state index contributed by atoms with van der Waals surface area (Å²) >= 11 is 5.09. The number of rotatable bonds is 7. The molecule has 0 saturated heterocycles. The van der Waals surface area contributed by atoms with E-state index in [2.05, 4.69) is 10.00 Å². The Hall–Kier alpha value is -1.14. The Morgan fingerprint density at radius 1 is 1.44 bits per heavy atom. The van der Waals surface area contributed by atoms with Gasteiger partial charge in [-0.05, 0) is 26.2 Å². The van der Waals surface area contributed by atoms with Gasteiger partial charge in [0, 0.05) is 27.2 Å². The van der Waals surface area contributed by atoms with Crippen molar-refractivity contribution in [1.82, 2.24) is 9.78 Å². The maximum atomic E-state index is 8.75. The molecule has 0 aromatic carbocycles. The first kappa shape index (κ1) is 14.9. The first-order chi connectivity index (χ1) is 8.49. The first-order valence-corrected chi connectivity index (χ1v) is 6.55. The fraction of sp³-hybridized carbons (Fsp3) is 0.667. The average molecular weight is 270 g/mol. The van der Waals surface area contributed by atoms with E-state index in [9.17, 15) is 0 Å². The number of unbranched alkanes of at least 4 members (excludes halogenated alkanes) is 2. The number of hydrogen-bond donors (Lipinski definition) is 2. The van der Waals surface area contributed by atoms with Gasteiger partial charge in [-0.25, -0.2) is 0 Å². The molecule has 0 unspecified atom stereocenters. The number of aromatic nitrogens is 2. The summed E-state index contributed by atoms with van der Waals surface area (Å²) in [6.07, 6.45) is 2.89. The van der Waals surface area contributed by atoms with Crippen molar-refractivity contribution < 1.29 is 5.11 Å². The fourth-order valence-electron chi connectivity index (χ4n) is 2.12. The molecule has 0 radical (unpaired) electrons. The van der Waals surface area contributed by atoms with Crippen LogP contribution in [0.4, 0.5) is 5.82 Å². The van der Waals surface area contributed by atoms with Crippen molar-refractivity contribution >= 4 is 23.0 Å². The number of aliphatic hydroxyl groups excluding tert-OH is 1. The predicted molar refractivity (Wildman–Crippen MR) is 78.0 cm³/mol. The molecular formula is C12H22N4OS. The molecule has 0 spiro atoms. The lowest BCUT2D eigenvalue weighted by Crippen LogP contribution is -2.24. The second-order valence-electron chi connectivity index (χ2n) is 4.48. The van der Waals surface area contributed by atoms with Gasteiger partial charge in [-0.1, -0.05) is 12.2 Å². The van der Waals surface area contributed by atoms with Crippen molar-refractivity contribution in [2.45, 2.75) is 26.2 Å². The molecule has 1 heterocycles. The molecular weight excluding hydrogens is 248 g/mol. The van der Waals surface area contributed by atoms with Gasteiger partial charge in [0.15, 0.2) is 0 Å². The molecule has 1 rings (SSSR count). The van der Waals surface area contributed by atoms with Gasteiger partial charge in [-0.15, -0.1) is 0 Å². The number of aryl methyl sites for hydroxylation is 2. The summed E-state index contributed by atoms with van der Waals surface area (Å²) in [7, 11) is 3.91. The molecule has 0 fully saturated rings. The van der Waals surface area contributed by atoms with Gasteiger partial charge < -0.3 is 15.7 Å². The van der Waals surface area contributed by atoms with Gasteiger partial charge in [0.25, 0.3) is 0 Å². The topological polar surface area (TPSA) is 67.3 Å². The van der Waals surface area contributed by atoms with Crippen molar-refractivity contribution in [3.05, 3.63) is 11.3 Å². The Morgan fingerprint density at radius 2 is 2.11 bits per heavy atom. The molecule has 102 valence electrons. The van der Waals surface area contributed by atoms with E-state index in [1.165, 1.54) is 0 Å². The molecule has 1 aromatic heterocycles. The van der Waals surface area contributed by atoms with Crippen LogP contribution in [0.1, 0.15) is 30.5 Å². The van der Waals surface area contributed by atoms with Gasteiger partial charge in [-0.3, -0.25) is 4.68 Å². The largest absolute Gasteiger partial charge is 0.396 e. The standard InChI is InChI=1S/C12H22N4OS/c1-9-10(11(13)18)12(16(3)14-9)15(2)7-5-4-6-8-17/h17H,4-8H2,1-3H3,(H2,13,18). The normalized spacial score (nSPS) is 10.7. The van der Waals surface area contributed by atoms with E-state index < -0.39 is 0 Å². The molecule has 0 amide bonds. The van der Waals surface area contributed by atoms with Crippen molar-refractivity contribution in [3.8, 4) is 0 Å². The number of anilines is 1. The molecule has 18 heavy (non-hydrogen) atoms. The zero-order valence-corrected chi connectivity index (χ0v) is 12.1. The summed E-state index contributed by atoms with van der Waals surface area (Å²) in [5, 5.41) is 13.1. The SMILES string of the molecule is Cc1nn(C)c(N(C)CCCCCO)c1C(N)=S. The van der Waals surface area contributed by atoms with Gasteiger partial charge in [-0.2, -0.15) is 5.10 Å². The van der Waals surface area contributed by atoms with Crippen LogP contribution in [0.3, 0.4) is 0 Å². The van der Waals surface area contributed by atoms with E-state index in [1.54, 1.807) is 0 Å². The molecule has 0 atom stereocenters. The van der Waals surface area contributed by atoms with Crippen molar-refractivity contribution in [3.63, 3.8) is 0 Å². The number of nitrogens with zero attached hydrogens (tertiary/aromatic N) is 3. The lowest BCUT2D eigenvalue weighted by atomic mass is 10.2. The van der Waals surface area contributed by atoms with Gasteiger partial charge in [0.05, 0.1) is 11.3 Å². The van der Waals surface area contributed by atoms with Crippen LogP contribution in [-0.4, -0.2) is 40.1 Å². The zero-order valence-electron chi connectivity index (χ0n) is 11.3. The van der Waals surface area contributed by atoms with E-state index >= 15 is 0 Å². The molecule has 5 nitrogen and oxygen atoms in total. The third-order valence-electron chi connectivity index (χ3n) is 2.95. The fourth-order valence-corrected chi connectivity index (χ4v) is 2.35. The highest BCUT2D eigenvalue weighted by atomic mass is 32.1. The van der Waals surface area contributed by atoms with Crippen molar-refractivity contribution in [1.29, 1.82) is 0 Å². The van der Waals surface area contributed by atoms with Crippen LogP contribution in [0, 0.1) is 6.92 Å². The van der Waals surface area contributed by atoms with Crippen molar-refractivity contribution in [2.75, 3.05) is 25.1 Å². The highest BCUT2D eigenvalue weighted by molar-refractivity contribution is 7.80. The minimum Gasteiger partial charge on any atom is -0.396 e. The Bertz CT molecular complexity index is 416. The second-order valence-corrected chi connectivity index (χ2v) is 4.92. The lowest BCUT2D eigenvalue weighted by molar-refractivity contribution is 0.283. The van der Waals surface area contributed by atoms with E-state index in [0.717, 1.165) is 42.9 Å². The van der Waals surface area contributed by atoms with Crippen LogP contribution in [0.15, 0.2) is 0 Å². The summed E-state index contributed by atoms with van der Waals surface area (Å²) in [6, 6.07) is 0. The lowest BCUT2D eigenvalue weighted by Gasteiger charge is -2.20. The molecule has 0 aliphatic rings. The highest BCUT2D eigenvalue weighted by Gasteiger charge is 2.18. The molecule has 6 heteroatoms. The Morgan fingerprint density at radius 3 is 2.67 bits per heavy atom. The minimum absolute atomic E-state index is 0.257. The predicted octanol–water partition coefficient (Wildman–Crippen LogP) is 0.962. The number of hydrogen-bond acceptors (Lipinski definition) is 4.